The molecule has 1 aliphatic heterocycles. The molecule has 0 saturated heterocycles. The third kappa shape index (κ3) is 5.33. The molecule has 3 aromatic rings. The van der Waals surface area contributed by atoms with Crippen molar-refractivity contribution < 1.29 is 9.53 Å². The van der Waals surface area contributed by atoms with Crippen molar-refractivity contribution in [2.24, 2.45) is 0 Å². The first-order chi connectivity index (χ1) is 15.4. The van der Waals surface area contributed by atoms with Crippen molar-refractivity contribution in [3.8, 4) is 5.75 Å². The van der Waals surface area contributed by atoms with Gasteiger partial charge in [-0.1, -0.05) is 11.6 Å². The number of nitrogens with zero attached hydrogens (tertiary/aromatic N) is 3. The second-order valence-corrected chi connectivity index (χ2v) is 8.14. The number of hydrogen-bond donors (Lipinski definition) is 3. The number of anilines is 2. The molecular weight excluding hydrogens is 404 g/mol. The van der Waals surface area contributed by atoms with Crippen molar-refractivity contribution in [3.63, 3.8) is 0 Å². The average Bonchev–Trinajstić information content (AvgIpc) is 3.18. The van der Waals surface area contributed by atoms with Gasteiger partial charge in [0.25, 0.3) is 0 Å². The molecule has 1 amide bonds. The molecule has 1 aromatic heterocycles. The fourth-order valence-electron chi connectivity index (χ4n) is 3.60. The van der Waals surface area contributed by atoms with Gasteiger partial charge in [0, 0.05) is 50.1 Å². The summed E-state index contributed by atoms with van der Waals surface area (Å²) in [6, 6.07) is 12.0. The number of carbonyl (C=O) groups excluding carboxylic acids is 1. The summed E-state index contributed by atoms with van der Waals surface area (Å²) in [5.74, 6) is 1.15. The van der Waals surface area contributed by atoms with Gasteiger partial charge in [-0.05, 0) is 49.2 Å². The molecule has 0 unspecified atom stereocenters. The average molecular weight is 433 g/mol. The summed E-state index contributed by atoms with van der Waals surface area (Å²) in [7, 11) is 1.96. The van der Waals surface area contributed by atoms with Crippen molar-refractivity contribution in [3.05, 3.63) is 59.9 Å². The van der Waals surface area contributed by atoms with Crippen LogP contribution >= 0.6 is 0 Å². The van der Waals surface area contributed by atoms with Gasteiger partial charge in [-0.25, -0.2) is 15.4 Å². The monoisotopic (exact) mass is 432 g/mol. The van der Waals surface area contributed by atoms with Crippen molar-refractivity contribution in [2.45, 2.75) is 26.8 Å². The second-order valence-electron chi connectivity index (χ2n) is 8.14. The van der Waals surface area contributed by atoms with Crippen LogP contribution in [-0.4, -0.2) is 47.1 Å². The normalized spacial score (nSPS) is 14.2. The topological polar surface area (TPSA) is 91.4 Å². The van der Waals surface area contributed by atoms with Crippen molar-refractivity contribution in [2.75, 3.05) is 25.5 Å². The van der Waals surface area contributed by atoms with Crippen LogP contribution in [0, 0.1) is 6.92 Å². The van der Waals surface area contributed by atoms with E-state index in [2.05, 4.69) is 51.3 Å². The molecular formula is C24H28N6O2. The number of aromatic nitrogens is 2. The molecule has 0 spiro atoms. The third-order valence-electron chi connectivity index (χ3n) is 5.09. The smallest absolute Gasteiger partial charge is 0.227 e. The summed E-state index contributed by atoms with van der Waals surface area (Å²) in [5, 5.41) is 9.09. The highest BCUT2D eigenvalue weighted by atomic mass is 16.5. The molecule has 4 rings (SSSR count). The number of hydrazine groups is 1. The van der Waals surface area contributed by atoms with E-state index in [1.165, 1.54) is 12.5 Å². The van der Waals surface area contributed by atoms with Crippen molar-refractivity contribution in [1.29, 1.82) is 0 Å². The Hall–Kier alpha value is -3.65. The van der Waals surface area contributed by atoms with E-state index >= 15 is 0 Å². The van der Waals surface area contributed by atoms with Crippen LogP contribution in [0.25, 0.3) is 16.5 Å². The first-order valence-electron chi connectivity index (χ1n) is 10.6. The summed E-state index contributed by atoms with van der Waals surface area (Å²) in [6.07, 6.45) is 3.88. The Morgan fingerprint density at radius 1 is 1.28 bits per heavy atom. The van der Waals surface area contributed by atoms with Gasteiger partial charge in [0.2, 0.25) is 11.9 Å². The standard InChI is InChI=1S/C24H28N6O2/c1-15-5-6-23-19(7-15)11-25-24(29-23)28-21-8-18(20-12-26-30(4)13-20)9-22(10-21)32-14-16(2)27-17(3)31/h5-11,13,16,26H,12,14H2,1-4H3,(H,27,31)(H,25,28,29)/t16-/m1/s1. The fraction of sp³-hybridized carbons (Fsp3) is 0.292. The van der Waals surface area contributed by atoms with Crippen LogP contribution in [0.2, 0.25) is 0 Å². The molecule has 166 valence electrons. The van der Waals surface area contributed by atoms with Gasteiger partial charge < -0.3 is 20.4 Å². The lowest BCUT2D eigenvalue weighted by molar-refractivity contribution is -0.119. The molecule has 3 N–H and O–H groups in total. The van der Waals surface area contributed by atoms with E-state index in [0.29, 0.717) is 18.3 Å². The van der Waals surface area contributed by atoms with Gasteiger partial charge in [0.15, 0.2) is 0 Å². The van der Waals surface area contributed by atoms with E-state index in [4.69, 9.17) is 4.74 Å². The number of fused-ring (bicyclic) bond motifs is 1. The zero-order valence-corrected chi connectivity index (χ0v) is 18.8. The summed E-state index contributed by atoms with van der Waals surface area (Å²) in [4.78, 5) is 20.4. The van der Waals surface area contributed by atoms with Crippen LogP contribution in [0.3, 0.4) is 0 Å². The van der Waals surface area contributed by atoms with Gasteiger partial charge >= 0.3 is 0 Å². The molecule has 32 heavy (non-hydrogen) atoms. The minimum absolute atomic E-state index is 0.0777. The van der Waals surface area contributed by atoms with Gasteiger partial charge in [0.1, 0.15) is 12.4 Å². The zero-order valence-electron chi connectivity index (χ0n) is 18.8. The number of carbonyl (C=O) groups is 1. The number of amides is 1. The summed E-state index contributed by atoms with van der Waals surface area (Å²) in [5.41, 5.74) is 8.32. The zero-order chi connectivity index (χ0) is 22.7. The Labute approximate surface area is 187 Å². The maximum Gasteiger partial charge on any atom is 0.227 e. The molecule has 2 aromatic carbocycles. The van der Waals surface area contributed by atoms with Crippen LogP contribution in [0.5, 0.6) is 5.75 Å². The summed E-state index contributed by atoms with van der Waals surface area (Å²) < 4.78 is 6.00. The Kier molecular flexibility index (Phi) is 6.23. The van der Waals surface area contributed by atoms with Crippen LogP contribution in [0.4, 0.5) is 11.6 Å². The Morgan fingerprint density at radius 3 is 2.88 bits per heavy atom. The molecule has 0 saturated carbocycles. The van der Waals surface area contributed by atoms with E-state index in [1.807, 2.05) is 49.4 Å². The molecule has 1 aliphatic rings. The Balaban J connectivity index is 1.60. The number of rotatable bonds is 7. The lowest BCUT2D eigenvalue weighted by atomic mass is 10.1. The maximum atomic E-state index is 11.3. The van der Waals surface area contributed by atoms with E-state index in [0.717, 1.165) is 34.3 Å². The number of aryl methyl sites for hydroxylation is 1. The SMILES string of the molecule is CC(=O)N[C@H](C)COc1cc(Nc2ncc3cc(C)ccc3n2)cc(C2=CN(C)NC2)c1. The lowest BCUT2D eigenvalue weighted by Gasteiger charge is -2.16. The predicted molar refractivity (Wildman–Crippen MR) is 127 cm³/mol. The predicted octanol–water partition coefficient (Wildman–Crippen LogP) is 3.38. The molecule has 0 fully saturated rings. The van der Waals surface area contributed by atoms with E-state index < -0.39 is 0 Å². The number of nitrogens with one attached hydrogen (secondary N) is 3. The molecule has 2 heterocycles. The van der Waals surface area contributed by atoms with Crippen LogP contribution in [0.15, 0.2) is 48.8 Å². The second kappa shape index (κ2) is 9.23. The van der Waals surface area contributed by atoms with Gasteiger partial charge in [0.05, 0.1) is 11.6 Å². The first kappa shape index (κ1) is 21.6. The Morgan fingerprint density at radius 2 is 2.12 bits per heavy atom. The van der Waals surface area contributed by atoms with Crippen molar-refractivity contribution in [1.82, 2.24) is 25.7 Å². The minimum Gasteiger partial charge on any atom is -0.491 e. The minimum atomic E-state index is -0.0988. The number of ether oxygens (including phenoxy) is 1. The Bertz CT molecular complexity index is 1180. The third-order valence-corrected chi connectivity index (χ3v) is 5.09. The number of benzene rings is 2. The van der Waals surface area contributed by atoms with E-state index in [1.54, 1.807) is 0 Å². The van der Waals surface area contributed by atoms with Crippen LogP contribution in [-0.2, 0) is 4.79 Å². The highest BCUT2D eigenvalue weighted by Crippen LogP contribution is 2.29. The lowest BCUT2D eigenvalue weighted by Crippen LogP contribution is -2.35. The quantitative estimate of drug-likeness (QED) is 0.527. The van der Waals surface area contributed by atoms with Crippen LogP contribution in [0.1, 0.15) is 25.0 Å². The largest absolute Gasteiger partial charge is 0.491 e. The van der Waals surface area contributed by atoms with Crippen molar-refractivity contribution >= 4 is 34.0 Å². The molecule has 8 heteroatoms. The molecule has 0 bridgehead atoms. The fourth-order valence-corrected chi connectivity index (χ4v) is 3.60. The maximum absolute atomic E-state index is 11.3. The first-order valence-corrected chi connectivity index (χ1v) is 10.6. The molecule has 1 atom stereocenters. The van der Waals surface area contributed by atoms with Crippen LogP contribution < -0.4 is 20.8 Å². The highest BCUT2D eigenvalue weighted by Gasteiger charge is 2.14. The van der Waals surface area contributed by atoms with E-state index in [-0.39, 0.29) is 11.9 Å². The van der Waals surface area contributed by atoms with Gasteiger partial charge in [-0.2, -0.15) is 0 Å². The number of hydrogen-bond acceptors (Lipinski definition) is 7. The molecule has 0 radical (unpaired) electrons. The molecule has 0 aliphatic carbocycles. The molecule has 8 nitrogen and oxygen atoms in total. The summed E-state index contributed by atoms with van der Waals surface area (Å²) in [6.45, 7) is 6.56. The highest BCUT2D eigenvalue weighted by molar-refractivity contribution is 5.80. The van der Waals surface area contributed by atoms with E-state index in [9.17, 15) is 4.79 Å². The van der Waals surface area contributed by atoms with Gasteiger partial charge in [-0.3, -0.25) is 4.79 Å². The summed E-state index contributed by atoms with van der Waals surface area (Å²) >= 11 is 0. The van der Waals surface area contributed by atoms with Gasteiger partial charge in [-0.15, -0.1) is 0 Å².